The Labute approximate surface area is 249 Å². The zero-order valence-corrected chi connectivity index (χ0v) is 23.4. The van der Waals surface area contributed by atoms with Gasteiger partial charge in [-0.3, -0.25) is 0 Å². The van der Waals surface area contributed by atoms with Crippen molar-refractivity contribution in [2.24, 2.45) is 0 Å². The van der Waals surface area contributed by atoms with Gasteiger partial charge in [0, 0.05) is 11.0 Å². The van der Waals surface area contributed by atoms with Gasteiger partial charge in [-0.15, -0.1) is 0 Å². The number of rotatable bonds is 0. The van der Waals surface area contributed by atoms with Gasteiger partial charge in [0.2, 0.25) is 0 Å². The van der Waals surface area contributed by atoms with E-state index in [1.807, 2.05) is 0 Å². The summed E-state index contributed by atoms with van der Waals surface area (Å²) in [6.45, 7) is 0.112. The van der Waals surface area contributed by atoms with Crippen molar-refractivity contribution in [2.45, 2.75) is 25.7 Å². The first-order valence-corrected chi connectivity index (χ1v) is 15.5. The van der Waals surface area contributed by atoms with Crippen molar-refractivity contribution < 1.29 is 9.47 Å². The van der Waals surface area contributed by atoms with Gasteiger partial charge >= 0.3 is 0 Å². The average molecular weight is 546 g/mol. The lowest BCUT2D eigenvalue weighted by Gasteiger charge is -2.40. The highest BCUT2D eigenvalue weighted by atomic mass is 16.5. The van der Waals surface area contributed by atoms with E-state index >= 15 is 0 Å². The quantitative estimate of drug-likeness (QED) is 0.190. The molecule has 0 unspecified atom stereocenters. The monoisotopic (exact) mass is 546 g/mol. The fourth-order valence-electron chi connectivity index (χ4n) is 9.47. The summed E-state index contributed by atoms with van der Waals surface area (Å²) in [7, 11) is 0. The Bertz CT molecular complexity index is 2360. The molecule has 0 bridgehead atoms. The van der Waals surface area contributed by atoms with E-state index in [1.54, 1.807) is 0 Å². The Morgan fingerprint density at radius 2 is 1.00 bits per heavy atom. The Morgan fingerprint density at radius 1 is 0.419 bits per heavy atom. The summed E-state index contributed by atoms with van der Waals surface area (Å²) in [5.74, 6) is 4.06. The minimum atomic E-state index is 0.112. The Hall–Kier alpha value is -5.02. The summed E-state index contributed by atoms with van der Waals surface area (Å²) in [6.07, 6.45) is 3.78. The van der Waals surface area contributed by atoms with Crippen molar-refractivity contribution >= 4 is 23.1 Å². The minimum absolute atomic E-state index is 0.112. The maximum Gasteiger partial charge on any atom is 0.261 e. The fourth-order valence-corrected chi connectivity index (χ4v) is 9.47. The van der Waals surface area contributed by atoms with Crippen molar-refractivity contribution in [3.05, 3.63) is 136 Å². The van der Waals surface area contributed by atoms with Crippen molar-refractivity contribution in [1.29, 1.82) is 0 Å². The minimum Gasteiger partial charge on any atom is -0.458 e. The predicted octanol–water partition coefficient (Wildman–Crippen LogP) is 7.03. The molecule has 43 heavy (non-hydrogen) atoms. The molecule has 0 N–H and O–H groups in total. The molecule has 0 aromatic heterocycles. The van der Waals surface area contributed by atoms with E-state index in [1.165, 1.54) is 94.3 Å². The van der Waals surface area contributed by atoms with Crippen molar-refractivity contribution in [3.63, 3.8) is 0 Å². The molecule has 0 atom stereocenters. The van der Waals surface area contributed by atoms with E-state index in [2.05, 4.69) is 91.0 Å². The van der Waals surface area contributed by atoms with Gasteiger partial charge < -0.3 is 9.47 Å². The molecule has 12 rings (SSSR count). The molecule has 0 amide bonds. The lowest BCUT2D eigenvalue weighted by Crippen LogP contribution is -2.62. The molecule has 3 aliphatic carbocycles. The van der Waals surface area contributed by atoms with E-state index in [0.717, 1.165) is 48.7 Å². The molecule has 2 nitrogen and oxygen atoms in total. The third kappa shape index (κ3) is 2.45. The lowest BCUT2D eigenvalue weighted by molar-refractivity contribution is 0.463. The van der Waals surface area contributed by atoms with Crippen LogP contribution in [0, 0.1) is 0 Å². The zero-order chi connectivity index (χ0) is 27.6. The third-order valence-electron chi connectivity index (χ3n) is 11.1. The molecule has 0 spiro atoms. The average Bonchev–Trinajstić information content (AvgIpc) is 3.72. The second-order valence-corrected chi connectivity index (χ2v) is 13.1. The first kappa shape index (κ1) is 21.7. The molecule has 3 heterocycles. The van der Waals surface area contributed by atoms with Crippen LogP contribution in [-0.2, 0) is 25.7 Å². The Morgan fingerprint density at radius 3 is 1.77 bits per heavy atom. The SMILES string of the molecule is c1ccc2c(c1)Cc1c-2cc2c3c1Cc1c4c(cc5c1-c1ccccc1C5)Oc1c(c(cc5c1-c1ccccc1C5)O2)B34. The maximum absolute atomic E-state index is 7.14. The summed E-state index contributed by atoms with van der Waals surface area (Å²) >= 11 is 0. The van der Waals surface area contributed by atoms with Crippen LogP contribution in [0.2, 0.25) is 0 Å². The van der Waals surface area contributed by atoms with Crippen LogP contribution >= 0.6 is 0 Å². The first-order chi connectivity index (χ1) is 21.3. The van der Waals surface area contributed by atoms with Crippen LogP contribution < -0.4 is 25.9 Å². The van der Waals surface area contributed by atoms with E-state index in [9.17, 15) is 0 Å². The molecular formula is C40H23BO2. The van der Waals surface area contributed by atoms with Crippen LogP contribution in [0.1, 0.15) is 44.5 Å². The number of fused-ring (bicyclic) bond motifs is 12. The Kier molecular flexibility index (Phi) is 3.59. The van der Waals surface area contributed by atoms with Crippen LogP contribution in [0.3, 0.4) is 0 Å². The first-order valence-electron chi connectivity index (χ1n) is 15.5. The third-order valence-corrected chi connectivity index (χ3v) is 11.1. The molecule has 6 aromatic rings. The van der Waals surface area contributed by atoms with Crippen LogP contribution in [0.4, 0.5) is 0 Å². The van der Waals surface area contributed by atoms with Crippen molar-refractivity contribution in [2.75, 3.05) is 0 Å². The molecule has 3 aliphatic heterocycles. The number of ether oxygens (including phenoxy) is 2. The van der Waals surface area contributed by atoms with Gasteiger partial charge in [0.25, 0.3) is 6.71 Å². The molecule has 0 saturated carbocycles. The summed E-state index contributed by atoms with van der Waals surface area (Å²) in [5.41, 5.74) is 23.4. The van der Waals surface area contributed by atoms with Gasteiger partial charge in [0.1, 0.15) is 23.0 Å². The van der Waals surface area contributed by atoms with Crippen LogP contribution in [0.25, 0.3) is 33.4 Å². The fraction of sp³-hybridized carbons (Fsp3) is 0.100. The molecule has 198 valence electrons. The lowest BCUT2D eigenvalue weighted by atomic mass is 9.31. The molecule has 6 aromatic carbocycles. The summed E-state index contributed by atoms with van der Waals surface area (Å²) < 4.78 is 14.1. The summed E-state index contributed by atoms with van der Waals surface area (Å²) in [5, 5.41) is 0. The summed E-state index contributed by atoms with van der Waals surface area (Å²) in [6, 6.07) is 33.8. The molecule has 6 aliphatic rings. The smallest absolute Gasteiger partial charge is 0.261 e. The van der Waals surface area contributed by atoms with Crippen molar-refractivity contribution in [1.82, 2.24) is 0 Å². The van der Waals surface area contributed by atoms with E-state index in [0.29, 0.717) is 0 Å². The van der Waals surface area contributed by atoms with Crippen LogP contribution in [-0.4, -0.2) is 6.71 Å². The second-order valence-electron chi connectivity index (χ2n) is 13.1. The molecule has 3 heteroatoms. The van der Waals surface area contributed by atoms with E-state index in [-0.39, 0.29) is 6.71 Å². The normalized spacial score (nSPS) is 15.4. The number of benzene rings is 6. The highest BCUT2D eigenvalue weighted by molar-refractivity contribution is 6.99. The zero-order valence-electron chi connectivity index (χ0n) is 23.4. The molecular weight excluding hydrogens is 523 g/mol. The van der Waals surface area contributed by atoms with Crippen LogP contribution in [0.5, 0.6) is 23.0 Å². The van der Waals surface area contributed by atoms with Crippen molar-refractivity contribution in [3.8, 4) is 56.4 Å². The predicted molar refractivity (Wildman–Crippen MR) is 172 cm³/mol. The molecule has 0 fully saturated rings. The van der Waals surface area contributed by atoms with Gasteiger partial charge in [-0.2, -0.15) is 0 Å². The van der Waals surface area contributed by atoms with Gasteiger partial charge in [-0.25, -0.2) is 0 Å². The molecule has 0 radical (unpaired) electrons. The standard InChI is InChI=1S/C40H23BO2/c1-4-10-25-22(9-1)15-28-29(25)19-34-37-30(28)18-31-35-23(13-20-7-2-5-11-26(20)35)16-32-38(31)41(37)39-33(42-34)17-24-14-21-8-3-6-12-27(21)36(24)40(39)43-32/h1-12,16-17,19H,13-15,18H2. The Balaban J connectivity index is 1.21. The van der Waals surface area contributed by atoms with Gasteiger partial charge in [-0.05, 0) is 127 Å². The highest BCUT2D eigenvalue weighted by Gasteiger charge is 2.49. The molecule has 0 saturated heterocycles. The second kappa shape index (κ2) is 7.13. The van der Waals surface area contributed by atoms with Crippen LogP contribution in [0.15, 0.2) is 91.0 Å². The van der Waals surface area contributed by atoms with Gasteiger partial charge in [-0.1, -0.05) is 72.8 Å². The highest BCUT2D eigenvalue weighted by Crippen LogP contribution is 2.53. The topological polar surface area (TPSA) is 18.5 Å². The summed E-state index contributed by atoms with van der Waals surface area (Å²) in [4.78, 5) is 0. The van der Waals surface area contributed by atoms with Gasteiger partial charge in [0.05, 0.1) is 0 Å². The largest absolute Gasteiger partial charge is 0.458 e. The van der Waals surface area contributed by atoms with Gasteiger partial charge in [0.15, 0.2) is 0 Å². The number of hydrogen-bond acceptors (Lipinski definition) is 2. The van der Waals surface area contributed by atoms with E-state index < -0.39 is 0 Å². The number of hydrogen-bond donors (Lipinski definition) is 0. The maximum atomic E-state index is 7.14. The van der Waals surface area contributed by atoms with E-state index in [4.69, 9.17) is 9.47 Å².